The minimum absolute atomic E-state index is 1.11. The van der Waals surface area contributed by atoms with Crippen LogP contribution in [0.1, 0.15) is 0 Å². The molecule has 0 atom stereocenters. The zero-order chi connectivity index (χ0) is 39.8. The lowest BCUT2D eigenvalue weighted by atomic mass is 9.97. The predicted octanol–water partition coefficient (Wildman–Crippen LogP) is 16.1. The second kappa shape index (κ2) is 15.1. The Kier molecular flexibility index (Phi) is 8.87. The van der Waals surface area contributed by atoms with E-state index in [1.807, 2.05) is 0 Å². The normalized spacial score (nSPS) is 11.3. The molecule has 11 rings (SSSR count). The van der Waals surface area contributed by atoms with Crippen molar-refractivity contribution in [1.29, 1.82) is 0 Å². The molecule has 0 amide bonds. The third-order valence-corrected chi connectivity index (χ3v) is 11.8. The summed E-state index contributed by atoms with van der Waals surface area (Å²) in [6, 6.07) is 87.8. The summed E-state index contributed by atoms with van der Waals surface area (Å²) in [6.45, 7) is 0. The molecule has 0 spiro atoms. The van der Waals surface area contributed by atoms with Crippen molar-refractivity contribution in [3.05, 3.63) is 243 Å². The fourth-order valence-corrected chi connectivity index (χ4v) is 8.86. The molecular formula is C58H40N2. The SMILES string of the molecule is c1ccc(-c2ccc(N(c3ccccc3-c3ccc(-c4ccc5c6ccccc6n(-c6ccc(-c7ccccc7)cc6)c5c4)cc3)c3cccc4ccccc34)cc2)cc1. The van der Waals surface area contributed by atoms with Crippen LogP contribution in [-0.2, 0) is 0 Å². The third-order valence-electron chi connectivity index (χ3n) is 11.8. The number of hydrogen-bond acceptors (Lipinski definition) is 1. The quantitative estimate of drug-likeness (QED) is 0.150. The largest absolute Gasteiger partial charge is 0.309 e. The molecular weight excluding hydrogens is 725 g/mol. The van der Waals surface area contributed by atoms with E-state index in [-0.39, 0.29) is 0 Å². The zero-order valence-corrected chi connectivity index (χ0v) is 33.0. The fraction of sp³-hybridized carbons (Fsp3) is 0. The van der Waals surface area contributed by atoms with Crippen molar-refractivity contribution in [2.45, 2.75) is 0 Å². The van der Waals surface area contributed by atoms with E-state index >= 15 is 0 Å². The van der Waals surface area contributed by atoms with Crippen molar-refractivity contribution in [3.8, 4) is 50.2 Å². The van der Waals surface area contributed by atoms with Gasteiger partial charge in [0.15, 0.2) is 0 Å². The highest BCUT2D eigenvalue weighted by Gasteiger charge is 2.20. The van der Waals surface area contributed by atoms with E-state index in [9.17, 15) is 0 Å². The van der Waals surface area contributed by atoms with Gasteiger partial charge in [-0.1, -0.05) is 194 Å². The van der Waals surface area contributed by atoms with Gasteiger partial charge in [-0.3, -0.25) is 0 Å². The Morgan fingerprint density at radius 2 is 0.767 bits per heavy atom. The van der Waals surface area contributed by atoms with Crippen LogP contribution in [0.5, 0.6) is 0 Å². The second-order valence-corrected chi connectivity index (χ2v) is 15.3. The van der Waals surface area contributed by atoms with Crippen molar-refractivity contribution < 1.29 is 0 Å². The Hall–Kier alpha value is -7.94. The summed E-state index contributed by atoms with van der Waals surface area (Å²) in [5.41, 5.74) is 16.4. The van der Waals surface area contributed by atoms with Gasteiger partial charge in [0.05, 0.1) is 22.4 Å². The van der Waals surface area contributed by atoms with Gasteiger partial charge < -0.3 is 9.47 Å². The highest BCUT2D eigenvalue weighted by Crippen LogP contribution is 2.44. The summed E-state index contributed by atoms with van der Waals surface area (Å²) >= 11 is 0. The van der Waals surface area contributed by atoms with Gasteiger partial charge in [0.25, 0.3) is 0 Å². The van der Waals surface area contributed by atoms with E-state index < -0.39 is 0 Å². The Balaban J connectivity index is 0.990. The first-order valence-electron chi connectivity index (χ1n) is 20.6. The van der Waals surface area contributed by atoms with Crippen molar-refractivity contribution in [2.75, 3.05) is 4.90 Å². The van der Waals surface area contributed by atoms with Crippen LogP contribution < -0.4 is 4.90 Å². The molecule has 0 fully saturated rings. The fourth-order valence-electron chi connectivity index (χ4n) is 8.86. The molecule has 0 aliphatic heterocycles. The number of nitrogens with zero attached hydrogens (tertiary/aromatic N) is 2. The minimum Gasteiger partial charge on any atom is -0.309 e. The first kappa shape index (κ1) is 35.2. The van der Waals surface area contributed by atoms with Gasteiger partial charge in [-0.15, -0.1) is 0 Å². The van der Waals surface area contributed by atoms with Crippen LogP contribution in [-0.4, -0.2) is 4.57 Å². The molecule has 0 N–H and O–H groups in total. The summed E-state index contributed by atoms with van der Waals surface area (Å²) in [5.74, 6) is 0. The van der Waals surface area contributed by atoms with Crippen LogP contribution in [0.15, 0.2) is 243 Å². The maximum Gasteiger partial charge on any atom is 0.0547 e. The number of fused-ring (bicyclic) bond motifs is 4. The summed E-state index contributed by atoms with van der Waals surface area (Å²) in [7, 11) is 0. The number of benzene rings is 10. The molecule has 0 radical (unpaired) electrons. The molecule has 2 nitrogen and oxygen atoms in total. The molecule has 60 heavy (non-hydrogen) atoms. The van der Waals surface area contributed by atoms with Gasteiger partial charge in [-0.25, -0.2) is 0 Å². The van der Waals surface area contributed by atoms with E-state index in [0.717, 1.165) is 28.3 Å². The summed E-state index contributed by atoms with van der Waals surface area (Å²) in [6.07, 6.45) is 0. The van der Waals surface area contributed by atoms with Crippen LogP contribution >= 0.6 is 0 Å². The van der Waals surface area contributed by atoms with Crippen LogP contribution in [0, 0.1) is 0 Å². The molecule has 1 heterocycles. The Labute approximate surface area is 350 Å². The summed E-state index contributed by atoms with van der Waals surface area (Å²) in [4.78, 5) is 2.42. The number of para-hydroxylation sites is 2. The number of anilines is 3. The molecule has 11 aromatic rings. The summed E-state index contributed by atoms with van der Waals surface area (Å²) in [5, 5.41) is 4.92. The molecule has 0 aliphatic rings. The van der Waals surface area contributed by atoms with E-state index in [1.54, 1.807) is 0 Å². The average molecular weight is 765 g/mol. The van der Waals surface area contributed by atoms with Crippen LogP contribution in [0.25, 0.3) is 82.8 Å². The molecule has 0 saturated carbocycles. The Bertz CT molecular complexity index is 3270. The predicted molar refractivity (Wildman–Crippen MR) is 255 cm³/mol. The molecule has 0 unspecified atom stereocenters. The van der Waals surface area contributed by atoms with E-state index in [1.165, 1.54) is 71.5 Å². The van der Waals surface area contributed by atoms with Crippen LogP contribution in [0.3, 0.4) is 0 Å². The lowest BCUT2D eigenvalue weighted by Crippen LogP contribution is -2.11. The van der Waals surface area contributed by atoms with Gasteiger partial charge in [0.1, 0.15) is 0 Å². The third kappa shape index (κ3) is 6.32. The highest BCUT2D eigenvalue weighted by molar-refractivity contribution is 6.10. The standard InChI is InChI=1S/C58H40N2/c1-3-14-41(15-4-1)43-30-35-49(36-31-43)59(56-25-13-19-46-18-7-8-20-51(46)56)55-23-11-9-21-52(55)47-28-26-45(27-29-47)48-34-39-54-53-22-10-12-24-57(53)60(58(54)40-48)50-37-32-44(33-38-50)42-16-5-2-6-17-42/h1-40H. The molecule has 0 aliphatic carbocycles. The van der Waals surface area contributed by atoms with Gasteiger partial charge in [-0.2, -0.15) is 0 Å². The van der Waals surface area contributed by atoms with Crippen molar-refractivity contribution in [3.63, 3.8) is 0 Å². The smallest absolute Gasteiger partial charge is 0.0547 e. The molecule has 282 valence electrons. The zero-order valence-electron chi connectivity index (χ0n) is 33.0. The van der Waals surface area contributed by atoms with E-state index in [2.05, 4.69) is 252 Å². The Morgan fingerprint density at radius 3 is 1.50 bits per heavy atom. The Morgan fingerprint density at radius 1 is 0.283 bits per heavy atom. The number of rotatable bonds is 8. The average Bonchev–Trinajstić information content (AvgIpc) is 3.66. The maximum atomic E-state index is 2.42. The molecule has 1 aromatic heterocycles. The van der Waals surface area contributed by atoms with Crippen molar-refractivity contribution in [2.24, 2.45) is 0 Å². The summed E-state index contributed by atoms with van der Waals surface area (Å²) < 4.78 is 2.40. The number of hydrogen-bond donors (Lipinski definition) is 0. The second-order valence-electron chi connectivity index (χ2n) is 15.3. The molecule has 10 aromatic carbocycles. The van der Waals surface area contributed by atoms with Crippen LogP contribution in [0.4, 0.5) is 17.1 Å². The van der Waals surface area contributed by atoms with E-state index in [4.69, 9.17) is 0 Å². The van der Waals surface area contributed by atoms with E-state index in [0.29, 0.717) is 0 Å². The molecule has 0 saturated heterocycles. The van der Waals surface area contributed by atoms with Crippen molar-refractivity contribution in [1.82, 2.24) is 4.57 Å². The first-order valence-corrected chi connectivity index (χ1v) is 20.6. The van der Waals surface area contributed by atoms with Gasteiger partial charge in [0.2, 0.25) is 0 Å². The molecule has 2 heteroatoms. The first-order chi connectivity index (χ1) is 29.8. The lowest BCUT2D eigenvalue weighted by Gasteiger charge is -2.29. The maximum absolute atomic E-state index is 2.42. The van der Waals surface area contributed by atoms with Crippen molar-refractivity contribution >= 4 is 49.6 Å². The lowest BCUT2D eigenvalue weighted by molar-refractivity contribution is 1.18. The highest BCUT2D eigenvalue weighted by atomic mass is 15.1. The monoisotopic (exact) mass is 764 g/mol. The number of aromatic nitrogens is 1. The van der Waals surface area contributed by atoms with Crippen LogP contribution in [0.2, 0.25) is 0 Å². The van der Waals surface area contributed by atoms with Gasteiger partial charge in [-0.05, 0) is 92.9 Å². The topological polar surface area (TPSA) is 8.17 Å². The molecule has 0 bridgehead atoms. The van der Waals surface area contributed by atoms with Gasteiger partial charge in [0, 0.05) is 33.1 Å². The minimum atomic E-state index is 1.11. The van der Waals surface area contributed by atoms with Gasteiger partial charge >= 0.3 is 0 Å².